The summed E-state index contributed by atoms with van der Waals surface area (Å²) < 4.78 is 11.3. The molecule has 1 aromatic rings. The highest BCUT2D eigenvalue weighted by molar-refractivity contribution is 5.95. The number of aryl methyl sites for hydroxylation is 1. The van der Waals surface area contributed by atoms with Gasteiger partial charge in [0.2, 0.25) is 0 Å². The van der Waals surface area contributed by atoms with E-state index < -0.39 is 5.60 Å². The second-order valence-electron chi connectivity index (χ2n) is 7.52. The monoisotopic (exact) mass is 349 g/mol. The Bertz CT molecular complexity index is 634. The lowest BCUT2D eigenvalue weighted by Gasteiger charge is -2.57. The number of carbonyl (C=O) groups is 1. The predicted octanol–water partition coefficient (Wildman–Crippen LogP) is 0.991. The summed E-state index contributed by atoms with van der Waals surface area (Å²) in [5.41, 5.74) is 0.772. The Morgan fingerprint density at radius 2 is 2.28 bits per heavy atom. The molecule has 3 aliphatic rings. The summed E-state index contributed by atoms with van der Waals surface area (Å²) in [5, 5.41) is 18.4. The third-order valence-electron chi connectivity index (χ3n) is 6.16. The van der Waals surface area contributed by atoms with Gasteiger partial charge in [-0.3, -0.25) is 9.89 Å². The van der Waals surface area contributed by atoms with Gasteiger partial charge in [0.1, 0.15) is 0 Å². The number of aromatic nitrogens is 2. The van der Waals surface area contributed by atoms with E-state index in [2.05, 4.69) is 17.1 Å². The van der Waals surface area contributed by atoms with Gasteiger partial charge >= 0.3 is 0 Å². The van der Waals surface area contributed by atoms with Crippen LogP contribution in [0, 0.1) is 11.8 Å². The van der Waals surface area contributed by atoms with Crippen LogP contribution in [-0.2, 0) is 15.9 Å². The number of carbonyl (C=O) groups excluding carboxylic acids is 1. The summed E-state index contributed by atoms with van der Waals surface area (Å²) in [7, 11) is 0. The van der Waals surface area contributed by atoms with Gasteiger partial charge in [0.25, 0.3) is 5.91 Å². The minimum Gasteiger partial charge on any atom is -0.389 e. The fourth-order valence-electron chi connectivity index (χ4n) is 4.78. The molecule has 3 fully saturated rings. The second-order valence-corrected chi connectivity index (χ2v) is 7.52. The summed E-state index contributed by atoms with van der Waals surface area (Å²) in [5.74, 6) is -0.0919. The normalized spacial score (nSPS) is 35.1. The van der Waals surface area contributed by atoms with Gasteiger partial charge in [0, 0.05) is 49.8 Å². The largest absolute Gasteiger partial charge is 0.389 e. The van der Waals surface area contributed by atoms with Crippen molar-refractivity contribution in [3.8, 4) is 0 Å². The van der Waals surface area contributed by atoms with Crippen molar-refractivity contribution in [1.82, 2.24) is 15.1 Å². The number of amides is 1. The van der Waals surface area contributed by atoms with E-state index in [1.54, 1.807) is 6.20 Å². The maximum absolute atomic E-state index is 13.3. The van der Waals surface area contributed by atoms with Crippen LogP contribution in [0.1, 0.15) is 42.2 Å². The van der Waals surface area contributed by atoms with E-state index in [0.29, 0.717) is 45.0 Å². The number of nitrogens with one attached hydrogen (secondary N) is 1. The summed E-state index contributed by atoms with van der Waals surface area (Å²) in [6.07, 6.45) is 4.80. The molecule has 138 valence electrons. The molecule has 0 aromatic carbocycles. The smallest absolute Gasteiger partial charge is 0.257 e. The number of nitrogens with zero attached hydrogens (tertiary/aromatic N) is 2. The maximum atomic E-state index is 13.3. The molecular weight excluding hydrogens is 322 g/mol. The lowest BCUT2D eigenvalue weighted by Crippen LogP contribution is -2.68. The summed E-state index contributed by atoms with van der Waals surface area (Å²) in [6, 6.07) is 0.0185. The first kappa shape index (κ1) is 17.0. The van der Waals surface area contributed by atoms with Crippen molar-refractivity contribution in [2.75, 3.05) is 33.0 Å². The molecule has 0 unspecified atom stereocenters. The van der Waals surface area contributed by atoms with E-state index in [1.165, 1.54) is 0 Å². The van der Waals surface area contributed by atoms with Gasteiger partial charge in [-0.05, 0) is 12.8 Å². The average molecular weight is 349 g/mol. The van der Waals surface area contributed by atoms with Crippen molar-refractivity contribution in [2.45, 2.75) is 44.2 Å². The molecule has 0 spiro atoms. The number of H-pyrrole nitrogens is 1. The van der Waals surface area contributed by atoms with E-state index in [0.717, 1.165) is 25.0 Å². The van der Waals surface area contributed by atoms with Gasteiger partial charge in [-0.25, -0.2) is 0 Å². The minimum absolute atomic E-state index is 0.0155. The number of hydrogen-bond acceptors (Lipinski definition) is 5. The Hall–Kier alpha value is -1.44. The van der Waals surface area contributed by atoms with Crippen molar-refractivity contribution in [1.29, 1.82) is 0 Å². The van der Waals surface area contributed by atoms with Crippen molar-refractivity contribution in [2.24, 2.45) is 11.8 Å². The van der Waals surface area contributed by atoms with Crippen molar-refractivity contribution >= 4 is 5.91 Å². The van der Waals surface area contributed by atoms with Crippen LogP contribution in [0.5, 0.6) is 0 Å². The highest BCUT2D eigenvalue weighted by Gasteiger charge is 2.56. The van der Waals surface area contributed by atoms with Gasteiger partial charge in [-0.2, -0.15) is 5.10 Å². The molecule has 4 heterocycles. The number of aliphatic hydroxyl groups is 1. The highest BCUT2D eigenvalue weighted by atomic mass is 16.5. The lowest BCUT2D eigenvalue weighted by molar-refractivity contribution is -0.212. The zero-order valence-electron chi connectivity index (χ0n) is 14.7. The third kappa shape index (κ3) is 2.78. The van der Waals surface area contributed by atoms with E-state index in [4.69, 9.17) is 9.47 Å². The lowest BCUT2D eigenvalue weighted by atomic mass is 9.66. The predicted molar refractivity (Wildman–Crippen MR) is 90.2 cm³/mol. The van der Waals surface area contributed by atoms with Gasteiger partial charge < -0.3 is 19.5 Å². The van der Waals surface area contributed by atoms with Crippen LogP contribution in [0.2, 0.25) is 0 Å². The Kier molecular flexibility index (Phi) is 4.56. The summed E-state index contributed by atoms with van der Waals surface area (Å²) >= 11 is 0. The quantitative estimate of drug-likeness (QED) is 0.850. The van der Waals surface area contributed by atoms with Gasteiger partial charge in [-0.15, -0.1) is 0 Å². The SMILES string of the molecule is CCCc1[nH]ncc1C(=O)N1C[C@@H]2COCC[C@]2(O)[C@H]2COCC[C@H]21. The Morgan fingerprint density at radius 3 is 3.12 bits per heavy atom. The number of aromatic amines is 1. The maximum Gasteiger partial charge on any atom is 0.257 e. The van der Waals surface area contributed by atoms with E-state index >= 15 is 0 Å². The topological polar surface area (TPSA) is 87.7 Å². The molecule has 0 radical (unpaired) electrons. The van der Waals surface area contributed by atoms with E-state index in [-0.39, 0.29) is 23.8 Å². The Labute approximate surface area is 147 Å². The number of rotatable bonds is 3. The number of likely N-dealkylation sites (tertiary alicyclic amines) is 1. The number of fused-ring (bicyclic) bond motifs is 3. The fraction of sp³-hybridized carbons (Fsp3) is 0.778. The van der Waals surface area contributed by atoms with Crippen LogP contribution in [-0.4, -0.2) is 70.7 Å². The van der Waals surface area contributed by atoms with Crippen molar-refractivity contribution < 1.29 is 19.4 Å². The molecule has 3 saturated heterocycles. The zero-order valence-corrected chi connectivity index (χ0v) is 14.7. The van der Waals surface area contributed by atoms with Crippen LogP contribution in [0.15, 0.2) is 6.20 Å². The summed E-state index contributed by atoms with van der Waals surface area (Å²) in [4.78, 5) is 15.2. The number of piperidine rings is 1. The first-order chi connectivity index (χ1) is 12.1. The Morgan fingerprint density at radius 1 is 1.44 bits per heavy atom. The molecule has 1 amide bonds. The molecule has 0 aliphatic carbocycles. The third-order valence-corrected chi connectivity index (χ3v) is 6.16. The standard InChI is InChI=1S/C18H27N3O4/c1-2-3-15-13(8-19-20-15)17(22)21-9-12-10-25-7-5-18(12,23)14-11-24-6-4-16(14)21/h8,12,14,16,23H,2-7,9-11H2,1H3,(H,19,20)/t12-,14+,16-,18-/m1/s1. The van der Waals surface area contributed by atoms with Gasteiger partial charge in [0.05, 0.1) is 30.6 Å². The van der Waals surface area contributed by atoms with Crippen molar-refractivity contribution in [3.63, 3.8) is 0 Å². The number of hydrogen-bond donors (Lipinski definition) is 2. The molecule has 1 aromatic heterocycles. The molecule has 25 heavy (non-hydrogen) atoms. The fourth-order valence-corrected chi connectivity index (χ4v) is 4.78. The molecule has 4 atom stereocenters. The van der Waals surface area contributed by atoms with E-state index in [9.17, 15) is 9.90 Å². The highest BCUT2D eigenvalue weighted by Crippen LogP contribution is 2.44. The van der Waals surface area contributed by atoms with Crippen molar-refractivity contribution in [3.05, 3.63) is 17.5 Å². The zero-order chi connectivity index (χ0) is 17.4. The van der Waals surface area contributed by atoms with Crippen LogP contribution >= 0.6 is 0 Å². The van der Waals surface area contributed by atoms with Crippen LogP contribution < -0.4 is 0 Å². The molecule has 0 saturated carbocycles. The van der Waals surface area contributed by atoms with Gasteiger partial charge in [-0.1, -0.05) is 13.3 Å². The molecule has 3 aliphatic heterocycles. The molecule has 7 heteroatoms. The number of ether oxygens (including phenoxy) is 2. The summed E-state index contributed by atoms with van der Waals surface area (Å²) in [6.45, 7) is 4.84. The van der Waals surface area contributed by atoms with Crippen LogP contribution in [0.25, 0.3) is 0 Å². The van der Waals surface area contributed by atoms with Crippen LogP contribution in [0.4, 0.5) is 0 Å². The molecular formula is C18H27N3O4. The molecule has 2 N–H and O–H groups in total. The minimum atomic E-state index is -0.789. The first-order valence-corrected chi connectivity index (χ1v) is 9.36. The van der Waals surface area contributed by atoms with Gasteiger partial charge in [0.15, 0.2) is 0 Å². The average Bonchev–Trinajstić information content (AvgIpc) is 3.09. The first-order valence-electron chi connectivity index (χ1n) is 9.36. The van der Waals surface area contributed by atoms with E-state index in [1.807, 2.05) is 4.90 Å². The molecule has 0 bridgehead atoms. The van der Waals surface area contributed by atoms with Crippen LogP contribution in [0.3, 0.4) is 0 Å². The second kappa shape index (κ2) is 6.70. The molecule has 7 nitrogen and oxygen atoms in total. The molecule has 4 rings (SSSR count). The Balaban J connectivity index is 1.64.